The van der Waals surface area contributed by atoms with Crippen molar-refractivity contribution in [2.75, 3.05) is 0 Å². The Morgan fingerprint density at radius 1 is 0.500 bits per heavy atom. The van der Waals surface area contributed by atoms with E-state index < -0.39 is 11.6 Å². The average molecular weight is 246 g/mol. The maximum Gasteiger partial charge on any atom is 0.250 e. The maximum atomic E-state index is 10.0. The predicted octanol–water partition coefficient (Wildman–Crippen LogP) is 0.662. The van der Waals surface area contributed by atoms with Gasteiger partial charge in [-0.15, -0.1) is 0 Å². The average Bonchev–Trinajstić information content (AvgIpc) is 2.40. The fourth-order valence-electron chi connectivity index (χ4n) is 1.74. The standard InChI is InChI=1S/C14H14O4/c15-13(16,11-7-3-1-4-8-11)14(17,18)12-9-5-2-6-10-12/h1-10,15-18H. The fraction of sp³-hybridized carbons (Fsp3) is 0.143. The van der Waals surface area contributed by atoms with Gasteiger partial charge in [-0.1, -0.05) is 60.7 Å². The van der Waals surface area contributed by atoms with Gasteiger partial charge in [0.15, 0.2) is 0 Å². The second-order valence-corrected chi connectivity index (χ2v) is 4.08. The van der Waals surface area contributed by atoms with Crippen molar-refractivity contribution in [2.45, 2.75) is 11.6 Å². The van der Waals surface area contributed by atoms with E-state index in [9.17, 15) is 20.4 Å². The van der Waals surface area contributed by atoms with E-state index in [0.717, 1.165) is 0 Å². The molecule has 0 saturated carbocycles. The molecule has 0 unspecified atom stereocenters. The number of benzene rings is 2. The molecule has 0 saturated heterocycles. The van der Waals surface area contributed by atoms with Crippen LogP contribution in [0.5, 0.6) is 0 Å². The highest BCUT2D eigenvalue weighted by Gasteiger charge is 2.49. The Hall–Kier alpha value is -1.72. The molecule has 94 valence electrons. The zero-order chi connectivity index (χ0) is 13.2. The van der Waals surface area contributed by atoms with Crippen molar-refractivity contribution in [3.63, 3.8) is 0 Å². The van der Waals surface area contributed by atoms with E-state index in [1.807, 2.05) is 0 Å². The van der Waals surface area contributed by atoms with Gasteiger partial charge in [-0.25, -0.2) is 0 Å². The van der Waals surface area contributed by atoms with Crippen LogP contribution in [0.15, 0.2) is 60.7 Å². The van der Waals surface area contributed by atoms with Crippen molar-refractivity contribution in [2.24, 2.45) is 0 Å². The molecule has 4 N–H and O–H groups in total. The molecule has 0 atom stereocenters. The van der Waals surface area contributed by atoms with Crippen LogP contribution in [0.25, 0.3) is 0 Å². The molecule has 2 aromatic carbocycles. The van der Waals surface area contributed by atoms with Crippen molar-refractivity contribution < 1.29 is 20.4 Å². The molecule has 0 radical (unpaired) electrons. The van der Waals surface area contributed by atoms with E-state index >= 15 is 0 Å². The quantitative estimate of drug-likeness (QED) is 0.600. The Morgan fingerprint density at radius 3 is 1.06 bits per heavy atom. The minimum Gasteiger partial charge on any atom is -0.357 e. The van der Waals surface area contributed by atoms with E-state index in [2.05, 4.69) is 0 Å². The second kappa shape index (κ2) is 4.51. The Kier molecular flexibility index (Phi) is 3.19. The highest BCUT2D eigenvalue weighted by molar-refractivity contribution is 5.28. The van der Waals surface area contributed by atoms with Crippen LogP contribution in [0, 0.1) is 0 Å². The summed E-state index contributed by atoms with van der Waals surface area (Å²) in [4.78, 5) is 0. The van der Waals surface area contributed by atoms with Gasteiger partial charge in [-0.3, -0.25) is 0 Å². The third kappa shape index (κ3) is 2.02. The van der Waals surface area contributed by atoms with Crippen molar-refractivity contribution >= 4 is 0 Å². The molecule has 0 aliphatic carbocycles. The summed E-state index contributed by atoms with van der Waals surface area (Å²) < 4.78 is 0. The monoisotopic (exact) mass is 246 g/mol. The van der Waals surface area contributed by atoms with Gasteiger partial charge < -0.3 is 20.4 Å². The summed E-state index contributed by atoms with van der Waals surface area (Å²) in [7, 11) is 0. The molecule has 0 bridgehead atoms. The molecule has 0 spiro atoms. The zero-order valence-corrected chi connectivity index (χ0v) is 9.56. The number of rotatable bonds is 3. The van der Waals surface area contributed by atoms with Gasteiger partial charge in [-0.2, -0.15) is 0 Å². The molecule has 18 heavy (non-hydrogen) atoms. The third-order valence-electron chi connectivity index (χ3n) is 2.84. The summed E-state index contributed by atoms with van der Waals surface area (Å²) in [6.45, 7) is 0. The van der Waals surface area contributed by atoms with Gasteiger partial charge in [0.25, 0.3) is 11.6 Å². The summed E-state index contributed by atoms with van der Waals surface area (Å²) in [5, 5.41) is 40.1. The molecule has 2 aromatic rings. The molecule has 4 heteroatoms. The lowest BCUT2D eigenvalue weighted by atomic mass is 9.91. The molecule has 0 heterocycles. The van der Waals surface area contributed by atoms with Crippen LogP contribution in [0.4, 0.5) is 0 Å². The third-order valence-corrected chi connectivity index (χ3v) is 2.84. The molecule has 0 aliphatic heterocycles. The van der Waals surface area contributed by atoms with Crippen LogP contribution in [0.3, 0.4) is 0 Å². The van der Waals surface area contributed by atoms with Gasteiger partial charge in [0.1, 0.15) is 0 Å². The molecular weight excluding hydrogens is 232 g/mol. The normalized spacial score (nSPS) is 12.4. The molecule has 0 fully saturated rings. The summed E-state index contributed by atoms with van der Waals surface area (Å²) in [5.41, 5.74) is -0.00212. The predicted molar refractivity (Wildman–Crippen MR) is 65.1 cm³/mol. The van der Waals surface area contributed by atoms with Crippen molar-refractivity contribution in [1.82, 2.24) is 0 Å². The molecular formula is C14H14O4. The molecule has 4 nitrogen and oxygen atoms in total. The zero-order valence-electron chi connectivity index (χ0n) is 9.56. The lowest BCUT2D eigenvalue weighted by molar-refractivity contribution is -0.375. The van der Waals surface area contributed by atoms with Crippen molar-refractivity contribution in [3.8, 4) is 0 Å². The summed E-state index contributed by atoms with van der Waals surface area (Å²) in [5.74, 6) is -5.59. The number of hydrogen-bond acceptors (Lipinski definition) is 4. The number of aliphatic hydroxyl groups is 4. The van der Waals surface area contributed by atoms with Crippen LogP contribution in [0.2, 0.25) is 0 Å². The lowest BCUT2D eigenvalue weighted by Gasteiger charge is -2.35. The second-order valence-electron chi connectivity index (χ2n) is 4.08. The Balaban J connectivity index is 2.47. The maximum absolute atomic E-state index is 10.0. The Morgan fingerprint density at radius 2 is 0.778 bits per heavy atom. The highest BCUT2D eigenvalue weighted by atomic mass is 16.6. The molecule has 0 aliphatic rings. The summed E-state index contributed by atoms with van der Waals surface area (Å²) >= 11 is 0. The van der Waals surface area contributed by atoms with Gasteiger partial charge >= 0.3 is 0 Å². The van der Waals surface area contributed by atoms with Gasteiger partial charge in [0.2, 0.25) is 0 Å². The van der Waals surface area contributed by atoms with Crippen molar-refractivity contribution in [3.05, 3.63) is 71.8 Å². The van der Waals surface area contributed by atoms with Crippen LogP contribution in [-0.4, -0.2) is 20.4 Å². The van der Waals surface area contributed by atoms with Crippen LogP contribution in [-0.2, 0) is 11.6 Å². The van der Waals surface area contributed by atoms with Crippen molar-refractivity contribution in [1.29, 1.82) is 0 Å². The van der Waals surface area contributed by atoms with E-state index in [1.54, 1.807) is 36.4 Å². The largest absolute Gasteiger partial charge is 0.357 e. The van der Waals surface area contributed by atoms with E-state index in [0.29, 0.717) is 0 Å². The molecule has 0 amide bonds. The van der Waals surface area contributed by atoms with E-state index in [1.165, 1.54) is 24.3 Å². The van der Waals surface area contributed by atoms with Crippen LogP contribution < -0.4 is 0 Å². The first-order valence-corrected chi connectivity index (χ1v) is 5.47. The van der Waals surface area contributed by atoms with Gasteiger partial charge in [-0.05, 0) is 0 Å². The van der Waals surface area contributed by atoms with Gasteiger partial charge in [0.05, 0.1) is 0 Å². The first-order chi connectivity index (χ1) is 8.46. The minimum atomic E-state index is -2.80. The Labute approximate surface area is 104 Å². The highest BCUT2D eigenvalue weighted by Crippen LogP contribution is 2.36. The SMILES string of the molecule is OC(O)(c1ccccc1)C(O)(O)c1ccccc1. The molecule has 2 rings (SSSR count). The Bertz CT molecular complexity index is 456. The van der Waals surface area contributed by atoms with E-state index in [4.69, 9.17) is 0 Å². The summed E-state index contributed by atoms with van der Waals surface area (Å²) in [6.07, 6.45) is 0. The fourth-order valence-corrected chi connectivity index (χ4v) is 1.74. The minimum absolute atomic E-state index is 0.00106. The smallest absolute Gasteiger partial charge is 0.250 e. The lowest BCUT2D eigenvalue weighted by Crippen LogP contribution is -2.49. The molecule has 0 aromatic heterocycles. The summed E-state index contributed by atoms with van der Waals surface area (Å²) in [6, 6.07) is 15.3. The van der Waals surface area contributed by atoms with E-state index in [-0.39, 0.29) is 11.1 Å². The first-order valence-electron chi connectivity index (χ1n) is 5.47. The first kappa shape index (κ1) is 12.7. The topological polar surface area (TPSA) is 80.9 Å². The number of hydrogen-bond donors (Lipinski definition) is 4. The van der Waals surface area contributed by atoms with Crippen LogP contribution in [0.1, 0.15) is 11.1 Å². The van der Waals surface area contributed by atoms with Gasteiger partial charge in [0, 0.05) is 11.1 Å². The van der Waals surface area contributed by atoms with Crippen LogP contribution >= 0.6 is 0 Å².